The van der Waals surface area contributed by atoms with E-state index >= 15 is 0 Å². The van der Waals surface area contributed by atoms with Crippen molar-refractivity contribution in [3.8, 4) is 0 Å². The molecule has 1 aromatic rings. The van der Waals surface area contributed by atoms with Crippen molar-refractivity contribution in [2.24, 2.45) is 5.92 Å². The Bertz CT molecular complexity index is 582. The van der Waals surface area contributed by atoms with Crippen LogP contribution in [0.1, 0.15) is 44.1 Å². The highest BCUT2D eigenvalue weighted by molar-refractivity contribution is 5.77. The van der Waals surface area contributed by atoms with Crippen LogP contribution in [-0.2, 0) is 5.54 Å². The van der Waals surface area contributed by atoms with Gasteiger partial charge in [0.05, 0.1) is 5.54 Å². The highest BCUT2D eigenvalue weighted by Crippen LogP contribution is 2.53. The van der Waals surface area contributed by atoms with Crippen molar-refractivity contribution < 1.29 is 4.79 Å². The molecule has 1 saturated carbocycles. The van der Waals surface area contributed by atoms with E-state index in [1.165, 1.54) is 24.8 Å². The smallest absolute Gasteiger partial charge is 0.318 e. The van der Waals surface area contributed by atoms with Crippen LogP contribution in [0.3, 0.4) is 0 Å². The number of likely N-dealkylation sites (tertiary alicyclic amines) is 2. The predicted molar refractivity (Wildman–Crippen MR) is 95.8 cm³/mol. The molecule has 2 saturated heterocycles. The average Bonchev–Trinajstić information content (AvgIpc) is 2.59. The number of hydrogen-bond acceptors (Lipinski definition) is 2. The molecule has 3 fully saturated rings. The Morgan fingerprint density at radius 1 is 1.12 bits per heavy atom. The first kappa shape index (κ1) is 15.9. The topological polar surface area (TPSA) is 35.6 Å². The van der Waals surface area contributed by atoms with Crippen LogP contribution in [0.4, 0.5) is 4.79 Å². The Kier molecular flexibility index (Phi) is 4.25. The summed E-state index contributed by atoms with van der Waals surface area (Å²) < 4.78 is 0. The standard InChI is InChI=1S/C20H29N3O/c1-22-13-10-18(11-14-22)21-19(24)23-15-17-9-5-6-12-20(17,23)16-7-3-2-4-8-16/h2-4,7-8,17-18H,5-6,9-15H2,1H3,(H,21,24)/t17-,20-/m1/s1. The summed E-state index contributed by atoms with van der Waals surface area (Å²) in [4.78, 5) is 17.5. The van der Waals surface area contributed by atoms with E-state index in [1.807, 2.05) is 0 Å². The van der Waals surface area contributed by atoms with Gasteiger partial charge in [-0.05, 0) is 51.4 Å². The minimum atomic E-state index is -0.0466. The maximum Gasteiger partial charge on any atom is 0.318 e. The molecule has 1 aliphatic carbocycles. The first-order valence-corrected chi connectivity index (χ1v) is 9.52. The summed E-state index contributed by atoms with van der Waals surface area (Å²) in [7, 11) is 2.16. The van der Waals surface area contributed by atoms with Crippen LogP contribution >= 0.6 is 0 Å². The summed E-state index contributed by atoms with van der Waals surface area (Å²) in [6.07, 6.45) is 7.04. The fourth-order valence-corrected chi connectivity index (χ4v) is 5.03. The molecule has 4 heteroatoms. The quantitative estimate of drug-likeness (QED) is 0.905. The maximum absolute atomic E-state index is 13.0. The number of rotatable bonds is 2. The molecule has 0 bridgehead atoms. The minimum Gasteiger partial charge on any atom is -0.335 e. The molecule has 0 spiro atoms. The summed E-state index contributed by atoms with van der Waals surface area (Å²) in [6.45, 7) is 3.09. The molecule has 2 heterocycles. The third-order valence-electron chi connectivity index (χ3n) is 6.49. The van der Waals surface area contributed by atoms with E-state index in [-0.39, 0.29) is 11.6 Å². The number of piperidine rings is 1. The largest absolute Gasteiger partial charge is 0.335 e. The van der Waals surface area contributed by atoms with Crippen molar-refractivity contribution in [2.75, 3.05) is 26.7 Å². The van der Waals surface area contributed by atoms with Crippen LogP contribution in [-0.4, -0.2) is 48.6 Å². The number of nitrogens with one attached hydrogen (secondary N) is 1. The average molecular weight is 327 g/mol. The van der Waals surface area contributed by atoms with Gasteiger partial charge in [0.25, 0.3) is 0 Å². The molecule has 0 unspecified atom stereocenters. The van der Waals surface area contributed by atoms with Crippen molar-refractivity contribution >= 4 is 6.03 Å². The van der Waals surface area contributed by atoms with Crippen molar-refractivity contribution in [3.05, 3.63) is 35.9 Å². The molecule has 4 rings (SSSR count). The van der Waals surface area contributed by atoms with E-state index < -0.39 is 0 Å². The summed E-state index contributed by atoms with van der Waals surface area (Å²) in [6, 6.07) is 11.2. The lowest BCUT2D eigenvalue weighted by Gasteiger charge is -2.61. The number of amides is 2. The zero-order chi connectivity index (χ0) is 16.6. The molecular weight excluding hydrogens is 298 g/mol. The van der Waals surface area contributed by atoms with Gasteiger partial charge in [-0.25, -0.2) is 4.79 Å². The second-order valence-electron chi connectivity index (χ2n) is 7.87. The van der Waals surface area contributed by atoms with Crippen LogP contribution < -0.4 is 5.32 Å². The van der Waals surface area contributed by atoms with Crippen molar-refractivity contribution in [1.82, 2.24) is 15.1 Å². The number of nitrogens with zero attached hydrogens (tertiary/aromatic N) is 2. The van der Waals surface area contributed by atoms with E-state index in [1.54, 1.807) is 0 Å². The highest BCUT2D eigenvalue weighted by Gasteiger charge is 2.57. The van der Waals surface area contributed by atoms with Crippen LogP contribution in [0.15, 0.2) is 30.3 Å². The Labute approximate surface area is 145 Å². The zero-order valence-electron chi connectivity index (χ0n) is 14.7. The number of carbonyl (C=O) groups is 1. The molecule has 2 aliphatic heterocycles. The number of carbonyl (C=O) groups excluding carboxylic acids is 1. The fourth-order valence-electron chi connectivity index (χ4n) is 5.03. The number of fused-ring (bicyclic) bond motifs is 1. The van der Waals surface area contributed by atoms with Crippen molar-refractivity contribution in [3.63, 3.8) is 0 Å². The van der Waals surface area contributed by atoms with Gasteiger partial charge in [0.2, 0.25) is 0 Å². The van der Waals surface area contributed by atoms with E-state index in [0.717, 1.165) is 38.9 Å². The SMILES string of the molecule is CN1CCC(NC(=O)N2C[C@H]3CCCC[C@@]32c2ccccc2)CC1. The van der Waals surface area contributed by atoms with Gasteiger partial charge in [0.15, 0.2) is 0 Å². The first-order chi connectivity index (χ1) is 11.7. The van der Waals surface area contributed by atoms with Gasteiger partial charge in [-0.2, -0.15) is 0 Å². The number of hydrogen-bond donors (Lipinski definition) is 1. The predicted octanol–water partition coefficient (Wildman–Crippen LogP) is 3.19. The molecular formula is C20H29N3O. The number of benzene rings is 1. The molecule has 1 N–H and O–H groups in total. The maximum atomic E-state index is 13.0. The summed E-state index contributed by atoms with van der Waals surface area (Å²) >= 11 is 0. The van der Waals surface area contributed by atoms with Crippen molar-refractivity contribution in [1.29, 1.82) is 0 Å². The van der Waals surface area contributed by atoms with Gasteiger partial charge in [-0.15, -0.1) is 0 Å². The summed E-state index contributed by atoms with van der Waals surface area (Å²) in [5.74, 6) is 0.636. The van der Waals surface area contributed by atoms with Gasteiger partial charge in [-0.1, -0.05) is 43.2 Å². The first-order valence-electron chi connectivity index (χ1n) is 9.52. The van der Waals surface area contributed by atoms with Crippen LogP contribution in [0, 0.1) is 5.92 Å². The Hall–Kier alpha value is -1.55. The zero-order valence-corrected chi connectivity index (χ0v) is 14.7. The lowest BCUT2D eigenvalue weighted by molar-refractivity contribution is -0.0801. The molecule has 2 amide bonds. The third-order valence-corrected chi connectivity index (χ3v) is 6.49. The van der Waals surface area contributed by atoms with Crippen LogP contribution in [0.2, 0.25) is 0 Å². The normalized spacial score (nSPS) is 31.2. The van der Waals surface area contributed by atoms with E-state index in [4.69, 9.17) is 0 Å². The van der Waals surface area contributed by atoms with E-state index in [2.05, 4.69) is 52.5 Å². The highest BCUT2D eigenvalue weighted by atomic mass is 16.2. The molecule has 1 aromatic carbocycles. The number of urea groups is 1. The molecule has 130 valence electrons. The van der Waals surface area contributed by atoms with E-state index in [9.17, 15) is 4.79 Å². The van der Waals surface area contributed by atoms with Gasteiger partial charge < -0.3 is 15.1 Å². The Balaban J connectivity index is 1.51. The lowest BCUT2D eigenvalue weighted by Crippen LogP contribution is -2.70. The van der Waals surface area contributed by atoms with E-state index in [0.29, 0.717) is 12.0 Å². The summed E-state index contributed by atoms with van der Waals surface area (Å²) in [5.41, 5.74) is 1.29. The minimum absolute atomic E-state index is 0.0466. The molecule has 24 heavy (non-hydrogen) atoms. The second kappa shape index (κ2) is 6.40. The Morgan fingerprint density at radius 3 is 2.58 bits per heavy atom. The van der Waals surface area contributed by atoms with Gasteiger partial charge in [0, 0.05) is 18.5 Å². The third kappa shape index (κ3) is 2.61. The van der Waals surface area contributed by atoms with Gasteiger partial charge in [0.1, 0.15) is 0 Å². The second-order valence-corrected chi connectivity index (χ2v) is 7.87. The summed E-state index contributed by atoms with van der Waals surface area (Å²) in [5, 5.41) is 3.33. The Morgan fingerprint density at radius 2 is 1.88 bits per heavy atom. The molecule has 3 aliphatic rings. The monoisotopic (exact) mass is 327 g/mol. The lowest BCUT2D eigenvalue weighted by atomic mass is 9.62. The van der Waals surface area contributed by atoms with Gasteiger partial charge >= 0.3 is 6.03 Å². The van der Waals surface area contributed by atoms with Gasteiger partial charge in [-0.3, -0.25) is 0 Å². The van der Waals surface area contributed by atoms with Crippen molar-refractivity contribution in [2.45, 2.75) is 50.1 Å². The fraction of sp³-hybridized carbons (Fsp3) is 0.650. The van der Waals surface area contributed by atoms with Crippen LogP contribution in [0.25, 0.3) is 0 Å². The molecule has 4 nitrogen and oxygen atoms in total. The molecule has 2 atom stereocenters. The molecule has 0 radical (unpaired) electrons. The molecule has 0 aromatic heterocycles. The van der Waals surface area contributed by atoms with Crippen LogP contribution in [0.5, 0.6) is 0 Å².